The van der Waals surface area contributed by atoms with Gasteiger partial charge in [-0.15, -0.1) is 0 Å². The van der Waals surface area contributed by atoms with E-state index in [0.717, 1.165) is 0 Å². The Hall–Kier alpha value is -2.13. The summed E-state index contributed by atoms with van der Waals surface area (Å²) in [4.78, 5) is 25.8. The summed E-state index contributed by atoms with van der Waals surface area (Å²) >= 11 is 0. The van der Waals surface area contributed by atoms with Gasteiger partial charge < -0.3 is 20.3 Å². The summed E-state index contributed by atoms with van der Waals surface area (Å²) in [7, 11) is -0.279. The van der Waals surface area contributed by atoms with Crippen LogP contribution in [0.25, 0.3) is 0 Å². The van der Waals surface area contributed by atoms with Crippen LogP contribution in [0.3, 0.4) is 0 Å². The van der Waals surface area contributed by atoms with Gasteiger partial charge in [-0.05, 0) is 43.7 Å². The average Bonchev–Trinajstić information content (AvgIpc) is 3.11. The van der Waals surface area contributed by atoms with Crippen LogP contribution in [-0.2, 0) is 19.4 Å². The highest BCUT2D eigenvalue weighted by Crippen LogP contribution is 2.36. The molecule has 150 valence electrons. The number of nitrogens with one attached hydrogen (secondary N) is 2. The van der Waals surface area contributed by atoms with Gasteiger partial charge in [-0.2, -0.15) is 0 Å². The SMILES string of the molecule is CCOC(=O)[C@H]1CCN[C@H]1c1cc(NC(=O)N(C)C)ccc1S(=O)(=O)CC. The van der Waals surface area contributed by atoms with Crippen molar-refractivity contribution in [2.24, 2.45) is 5.92 Å². The molecule has 27 heavy (non-hydrogen) atoms. The van der Waals surface area contributed by atoms with E-state index in [-0.39, 0.29) is 29.3 Å². The third kappa shape index (κ3) is 4.78. The second-order valence-electron chi connectivity index (χ2n) is 6.56. The van der Waals surface area contributed by atoms with E-state index in [2.05, 4.69) is 10.6 Å². The van der Waals surface area contributed by atoms with Gasteiger partial charge in [0.1, 0.15) is 0 Å². The molecule has 1 aromatic rings. The molecule has 0 aromatic heterocycles. The Morgan fingerprint density at radius 1 is 1.30 bits per heavy atom. The number of carbonyl (C=O) groups is 2. The Labute approximate surface area is 160 Å². The number of amides is 2. The number of benzene rings is 1. The fraction of sp³-hybridized carbons (Fsp3) is 0.556. The number of rotatable bonds is 6. The van der Waals surface area contributed by atoms with Crippen molar-refractivity contribution in [2.75, 3.05) is 38.3 Å². The van der Waals surface area contributed by atoms with Crippen molar-refractivity contribution >= 4 is 27.5 Å². The molecule has 2 rings (SSSR count). The molecule has 0 bridgehead atoms. The third-order valence-electron chi connectivity index (χ3n) is 4.53. The normalized spacial score (nSPS) is 19.6. The molecule has 9 heteroatoms. The topological polar surface area (TPSA) is 105 Å². The molecule has 2 atom stereocenters. The lowest BCUT2D eigenvalue weighted by Crippen LogP contribution is -2.29. The minimum atomic E-state index is -3.50. The zero-order valence-electron chi connectivity index (χ0n) is 16.1. The summed E-state index contributed by atoms with van der Waals surface area (Å²) in [6.45, 7) is 4.15. The summed E-state index contributed by atoms with van der Waals surface area (Å²) in [6.07, 6.45) is 0.559. The fourth-order valence-corrected chi connectivity index (χ4v) is 4.21. The van der Waals surface area contributed by atoms with Gasteiger partial charge in [0.05, 0.1) is 23.2 Å². The first kappa shape index (κ1) is 21.2. The monoisotopic (exact) mass is 397 g/mol. The van der Waals surface area contributed by atoms with Crippen molar-refractivity contribution in [3.05, 3.63) is 23.8 Å². The highest BCUT2D eigenvalue weighted by atomic mass is 32.2. The minimum Gasteiger partial charge on any atom is -0.466 e. The van der Waals surface area contributed by atoms with Crippen molar-refractivity contribution in [1.82, 2.24) is 10.2 Å². The predicted octanol–water partition coefficient (Wildman–Crippen LogP) is 1.79. The number of anilines is 1. The highest BCUT2D eigenvalue weighted by molar-refractivity contribution is 7.91. The van der Waals surface area contributed by atoms with Gasteiger partial charge in [-0.1, -0.05) is 6.92 Å². The van der Waals surface area contributed by atoms with E-state index in [1.807, 2.05) is 0 Å². The Morgan fingerprint density at radius 3 is 2.59 bits per heavy atom. The van der Waals surface area contributed by atoms with Crippen LogP contribution in [0.5, 0.6) is 0 Å². The summed E-state index contributed by atoms with van der Waals surface area (Å²) < 4.78 is 30.3. The van der Waals surface area contributed by atoms with Crippen LogP contribution in [0, 0.1) is 5.92 Å². The van der Waals surface area contributed by atoms with Crippen molar-refractivity contribution in [1.29, 1.82) is 0 Å². The highest BCUT2D eigenvalue weighted by Gasteiger charge is 2.37. The van der Waals surface area contributed by atoms with Crippen LogP contribution in [0.4, 0.5) is 10.5 Å². The molecule has 0 aliphatic carbocycles. The molecule has 1 aliphatic heterocycles. The molecule has 0 radical (unpaired) electrons. The smallest absolute Gasteiger partial charge is 0.321 e. The predicted molar refractivity (Wildman–Crippen MR) is 102 cm³/mol. The largest absolute Gasteiger partial charge is 0.466 e. The summed E-state index contributed by atoms with van der Waals surface area (Å²) in [6, 6.07) is 3.85. The lowest BCUT2D eigenvalue weighted by molar-refractivity contribution is -0.148. The van der Waals surface area contributed by atoms with Gasteiger partial charge in [-0.3, -0.25) is 4.79 Å². The van der Waals surface area contributed by atoms with Crippen molar-refractivity contribution in [3.63, 3.8) is 0 Å². The van der Waals surface area contributed by atoms with Crippen molar-refractivity contribution < 1.29 is 22.7 Å². The first-order valence-electron chi connectivity index (χ1n) is 8.96. The zero-order valence-corrected chi connectivity index (χ0v) is 16.9. The number of hydrogen-bond donors (Lipinski definition) is 2. The van der Waals surface area contributed by atoms with Crippen molar-refractivity contribution in [3.8, 4) is 0 Å². The number of urea groups is 1. The van der Waals surface area contributed by atoms with E-state index >= 15 is 0 Å². The molecular formula is C18H27N3O5S. The number of nitrogens with zero attached hydrogens (tertiary/aromatic N) is 1. The summed E-state index contributed by atoms with van der Waals surface area (Å²) in [5, 5.41) is 5.93. The van der Waals surface area contributed by atoms with Crippen LogP contribution in [0.2, 0.25) is 0 Å². The molecule has 0 unspecified atom stereocenters. The number of ether oxygens (including phenoxy) is 1. The standard InChI is InChI=1S/C18H27N3O5S/c1-5-26-17(22)13-9-10-19-16(13)14-11-12(20-18(23)21(3)4)7-8-15(14)27(24,25)6-2/h7-8,11,13,16,19H,5-6,9-10H2,1-4H3,(H,20,23)/t13-,16+/m0/s1. The van der Waals surface area contributed by atoms with E-state index in [9.17, 15) is 18.0 Å². The van der Waals surface area contributed by atoms with E-state index in [1.165, 1.54) is 11.0 Å². The Balaban J connectivity index is 2.49. The number of esters is 1. The quantitative estimate of drug-likeness (QED) is 0.709. The number of sulfone groups is 1. The van der Waals surface area contributed by atoms with Crippen molar-refractivity contribution in [2.45, 2.75) is 31.2 Å². The van der Waals surface area contributed by atoms with E-state index < -0.39 is 21.8 Å². The molecule has 0 saturated carbocycles. The molecule has 2 N–H and O–H groups in total. The molecule has 8 nitrogen and oxygen atoms in total. The van der Waals surface area contributed by atoms with E-state index in [0.29, 0.717) is 24.2 Å². The van der Waals surface area contributed by atoms with Gasteiger partial charge >= 0.3 is 12.0 Å². The summed E-state index contributed by atoms with van der Waals surface area (Å²) in [5.74, 6) is -0.883. The maximum atomic E-state index is 12.6. The van der Waals surface area contributed by atoms with Gasteiger partial charge in [0.15, 0.2) is 9.84 Å². The second-order valence-corrected chi connectivity index (χ2v) is 8.81. The van der Waals surface area contributed by atoms with Crippen LogP contribution in [0.15, 0.2) is 23.1 Å². The van der Waals surface area contributed by atoms with E-state index in [1.54, 1.807) is 40.1 Å². The second kappa shape index (κ2) is 8.71. The number of hydrogen-bond acceptors (Lipinski definition) is 6. The number of carbonyl (C=O) groups excluding carboxylic acids is 2. The lowest BCUT2D eigenvalue weighted by Gasteiger charge is -2.22. The molecule has 2 amide bonds. The molecule has 0 spiro atoms. The van der Waals surface area contributed by atoms with Gasteiger partial charge in [-0.25, -0.2) is 13.2 Å². The third-order valence-corrected chi connectivity index (χ3v) is 6.33. The van der Waals surface area contributed by atoms with Crippen LogP contribution < -0.4 is 10.6 Å². The average molecular weight is 397 g/mol. The van der Waals surface area contributed by atoms with Crippen LogP contribution in [-0.4, -0.2) is 58.3 Å². The molecule has 1 aromatic carbocycles. The zero-order chi connectivity index (χ0) is 20.2. The van der Waals surface area contributed by atoms with Crippen LogP contribution >= 0.6 is 0 Å². The Morgan fingerprint density at radius 2 is 2.00 bits per heavy atom. The van der Waals surface area contributed by atoms with Crippen LogP contribution in [0.1, 0.15) is 31.9 Å². The molecule has 1 saturated heterocycles. The van der Waals surface area contributed by atoms with E-state index in [4.69, 9.17) is 4.74 Å². The molecular weight excluding hydrogens is 370 g/mol. The molecule has 1 fully saturated rings. The van der Waals surface area contributed by atoms with Gasteiger partial charge in [0.25, 0.3) is 0 Å². The maximum Gasteiger partial charge on any atom is 0.321 e. The minimum absolute atomic E-state index is 0.0554. The Bertz CT molecular complexity index is 807. The Kier molecular flexibility index (Phi) is 6.83. The lowest BCUT2D eigenvalue weighted by atomic mass is 9.94. The van der Waals surface area contributed by atoms with Gasteiger partial charge in [0.2, 0.25) is 0 Å². The summed E-state index contributed by atoms with van der Waals surface area (Å²) in [5.41, 5.74) is 0.944. The maximum absolute atomic E-state index is 12.6. The first-order valence-corrected chi connectivity index (χ1v) is 10.6. The molecule has 1 heterocycles. The fourth-order valence-electron chi connectivity index (χ4n) is 3.08. The first-order chi connectivity index (χ1) is 12.7. The molecule has 1 aliphatic rings. The van der Waals surface area contributed by atoms with Gasteiger partial charge in [0, 0.05) is 25.8 Å².